The fraction of sp³-hybridized carbons (Fsp3) is 0.571. The van der Waals surface area contributed by atoms with Crippen molar-refractivity contribution in [3.05, 3.63) is 54.1 Å². The second-order valence-corrected chi connectivity index (χ2v) is 13.8. The van der Waals surface area contributed by atoms with Gasteiger partial charge in [0.2, 0.25) is 0 Å². The van der Waals surface area contributed by atoms with Crippen LogP contribution in [0.2, 0.25) is 0 Å². The summed E-state index contributed by atoms with van der Waals surface area (Å²) < 4.78 is 24.2. The first-order chi connectivity index (χ1) is 20.9. The molecule has 4 aliphatic carbocycles. The summed E-state index contributed by atoms with van der Waals surface area (Å²) in [5.74, 6) is -3.88. The van der Waals surface area contributed by atoms with Crippen molar-refractivity contribution in [1.82, 2.24) is 0 Å². The van der Waals surface area contributed by atoms with Crippen molar-refractivity contribution in [3.63, 3.8) is 0 Å². The number of fused-ring (bicyclic) bond motifs is 1. The lowest BCUT2D eigenvalue weighted by Gasteiger charge is -2.60. The van der Waals surface area contributed by atoms with Crippen LogP contribution in [0.15, 0.2) is 48.6 Å². The van der Waals surface area contributed by atoms with E-state index >= 15 is 0 Å². The summed E-state index contributed by atoms with van der Waals surface area (Å²) in [5.41, 5.74) is -6.38. The molecule has 242 valence electrons. The number of hydrogen-bond donors (Lipinski definition) is 1. The molecule has 0 saturated heterocycles. The van der Waals surface area contributed by atoms with Crippen LogP contribution in [-0.4, -0.2) is 64.8 Å². The predicted molar refractivity (Wildman–Crippen MR) is 161 cm³/mol. The number of Topliss-reactive ketones (excluding diaryl/α,β-unsaturated/α-hetero) is 1. The third-order valence-corrected chi connectivity index (χ3v) is 11.6. The van der Waals surface area contributed by atoms with Crippen molar-refractivity contribution >= 4 is 35.7 Å². The van der Waals surface area contributed by atoms with Crippen LogP contribution in [-0.2, 0) is 42.9 Å². The normalized spacial score (nSPS) is 39.5. The lowest BCUT2D eigenvalue weighted by Crippen LogP contribution is -2.65. The van der Waals surface area contributed by atoms with Crippen LogP contribution in [0, 0.1) is 27.6 Å². The largest absolute Gasteiger partial charge is 0.458 e. The highest BCUT2D eigenvalue weighted by atomic mass is 16.6. The fourth-order valence-electron chi connectivity index (χ4n) is 10.1. The van der Waals surface area contributed by atoms with Crippen molar-refractivity contribution in [1.29, 1.82) is 0 Å². The lowest BCUT2D eigenvalue weighted by atomic mass is 9.42. The van der Waals surface area contributed by atoms with Gasteiger partial charge in [-0.15, -0.1) is 0 Å². The number of carbonyl (C=O) groups is 5. The molecular formula is C35H42O10. The van der Waals surface area contributed by atoms with Crippen molar-refractivity contribution < 1.29 is 48.0 Å². The Bertz CT molecular complexity index is 1490. The van der Waals surface area contributed by atoms with Gasteiger partial charge in [-0.2, -0.15) is 0 Å². The Morgan fingerprint density at radius 1 is 0.911 bits per heavy atom. The van der Waals surface area contributed by atoms with E-state index in [1.807, 2.05) is 37.3 Å². The lowest BCUT2D eigenvalue weighted by molar-refractivity contribution is -0.220. The van der Waals surface area contributed by atoms with Gasteiger partial charge in [-0.25, -0.2) is 4.79 Å². The van der Waals surface area contributed by atoms with E-state index in [1.165, 1.54) is 26.8 Å². The highest BCUT2D eigenvalue weighted by Gasteiger charge is 2.96. The number of rotatable bonds is 6. The summed E-state index contributed by atoms with van der Waals surface area (Å²) in [5, 5.41) is 12.7. The minimum absolute atomic E-state index is 0.231. The van der Waals surface area contributed by atoms with Gasteiger partial charge in [0.1, 0.15) is 35.8 Å². The standard InChI is InChI=1S/C35H42O10/c1-19-25(39)18-33(41)30(44-23(5)38)35-20(2)26(45-27(40)15-14-24-12-10-9-11-13-24)16-17-32(35,8)28(42-21(3)36)29(43-22(4)37)34(19,35)31(33,6)7/h9-15,19,26,28-30,41H,2,16-18H2,1,3-8H3/b15-14+/t19-,26+,28+,29+,30-,32+,33-,34+,35-/m1/s1. The van der Waals surface area contributed by atoms with Crippen LogP contribution in [0.1, 0.15) is 73.3 Å². The van der Waals surface area contributed by atoms with Crippen molar-refractivity contribution in [2.75, 3.05) is 0 Å². The number of esters is 4. The van der Waals surface area contributed by atoms with E-state index in [0.29, 0.717) is 5.57 Å². The maximum absolute atomic E-state index is 14.0. The van der Waals surface area contributed by atoms with E-state index in [2.05, 4.69) is 6.58 Å². The zero-order chi connectivity index (χ0) is 33.3. The summed E-state index contributed by atoms with van der Waals surface area (Å²) in [7, 11) is 0. The van der Waals surface area contributed by atoms with E-state index in [4.69, 9.17) is 18.9 Å². The number of benzene rings is 1. The molecule has 1 N–H and O–H groups in total. The Labute approximate surface area is 263 Å². The fourth-order valence-corrected chi connectivity index (χ4v) is 10.1. The molecule has 0 unspecified atom stereocenters. The van der Waals surface area contributed by atoms with Gasteiger partial charge in [0, 0.05) is 55.4 Å². The van der Waals surface area contributed by atoms with Gasteiger partial charge in [-0.1, -0.05) is 64.6 Å². The van der Waals surface area contributed by atoms with Crippen molar-refractivity contribution in [2.45, 2.75) is 97.7 Å². The van der Waals surface area contributed by atoms with Gasteiger partial charge in [0.05, 0.1) is 5.41 Å². The van der Waals surface area contributed by atoms with E-state index in [0.717, 1.165) is 5.56 Å². The minimum atomic E-state index is -1.94. The molecule has 9 atom stereocenters. The number of ether oxygens (including phenoxy) is 4. The number of carbonyl (C=O) groups excluding carboxylic acids is 5. The number of aliphatic hydroxyl groups is 1. The molecule has 4 saturated carbocycles. The molecule has 4 fully saturated rings. The molecule has 0 radical (unpaired) electrons. The molecule has 4 aliphatic rings. The Morgan fingerprint density at radius 3 is 2.07 bits per heavy atom. The van der Waals surface area contributed by atoms with E-state index in [1.54, 1.807) is 26.8 Å². The summed E-state index contributed by atoms with van der Waals surface area (Å²) >= 11 is 0. The summed E-state index contributed by atoms with van der Waals surface area (Å²) in [6, 6.07) is 9.22. The second-order valence-electron chi connectivity index (χ2n) is 13.8. The Kier molecular flexibility index (Phi) is 7.71. The van der Waals surface area contributed by atoms with Gasteiger partial charge in [-0.3, -0.25) is 19.2 Å². The highest BCUT2D eigenvalue weighted by molar-refractivity contribution is 5.88. The molecule has 1 aromatic rings. The molecular weight excluding hydrogens is 580 g/mol. The summed E-state index contributed by atoms with van der Waals surface area (Å²) in [6.45, 7) is 15.2. The predicted octanol–water partition coefficient (Wildman–Crippen LogP) is 4.13. The van der Waals surface area contributed by atoms with E-state index in [-0.39, 0.29) is 25.0 Å². The van der Waals surface area contributed by atoms with Crippen molar-refractivity contribution in [2.24, 2.45) is 27.6 Å². The molecule has 1 aromatic carbocycles. The van der Waals surface area contributed by atoms with E-state index < -0.39 is 81.5 Å². The van der Waals surface area contributed by atoms with Crippen LogP contribution >= 0.6 is 0 Å². The Balaban J connectivity index is 1.77. The molecule has 0 aliphatic heterocycles. The monoisotopic (exact) mass is 622 g/mol. The Hall–Kier alpha value is -3.79. The summed E-state index contributed by atoms with van der Waals surface area (Å²) in [6.07, 6.45) is -1.60. The molecule has 5 rings (SSSR count). The molecule has 0 heterocycles. The first-order valence-electron chi connectivity index (χ1n) is 15.3. The van der Waals surface area contributed by atoms with Gasteiger partial charge in [-0.05, 0) is 30.1 Å². The number of hydrogen-bond acceptors (Lipinski definition) is 10. The number of ketones is 1. The van der Waals surface area contributed by atoms with Crippen LogP contribution in [0.3, 0.4) is 0 Å². The molecule has 10 nitrogen and oxygen atoms in total. The van der Waals surface area contributed by atoms with Crippen LogP contribution in [0.5, 0.6) is 0 Å². The van der Waals surface area contributed by atoms with Crippen LogP contribution in [0.25, 0.3) is 6.08 Å². The second kappa shape index (κ2) is 10.6. The highest BCUT2D eigenvalue weighted by Crippen LogP contribution is 2.87. The first kappa shape index (κ1) is 32.6. The molecule has 0 amide bonds. The molecule has 0 aromatic heterocycles. The maximum Gasteiger partial charge on any atom is 0.331 e. The smallest absolute Gasteiger partial charge is 0.331 e. The van der Waals surface area contributed by atoms with Gasteiger partial charge < -0.3 is 24.1 Å². The molecule has 2 spiro atoms. The van der Waals surface area contributed by atoms with Gasteiger partial charge in [0.25, 0.3) is 0 Å². The minimum Gasteiger partial charge on any atom is -0.458 e. The van der Waals surface area contributed by atoms with Gasteiger partial charge in [0.15, 0.2) is 0 Å². The SMILES string of the molecule is C=C1[C@@H](OC(=O)/C=C/c2ccccc2)CC[C@@]2(C)[C@@H](OC(C)=O)[C@H](OC(C)=O)[C@]34[C@H](C)C(=O)C[C@@](O)([C@@H](OC(C)=O)[C@@]132)C4(C)C. The van der Waals surface area contributed by atoms with Gasteiger partial charge >= 0.3 is 23.9 Å². The zero-order valence-electron chi connectivity index (χ0n) is 26.9. The molecule has 10 heteroatoms. The topological polar surface area (TPSA) is 142 Å². The Morgan fingerprint density at radius 2 is 1.49 bits per heavy atom. The quantitative estimate of drug-likeness (QED) is 0.213. The third-order valence-electron chi connectivity index (χ3n) is 11.6. The van der Waals surface area contributed by atoms with Crippen molar-refractivity contribution in [3.8, 4) is 0 Å². The maximum atomic E-state index is 14.0. The van der Waals surface area contributed by atoms with Crippen LogP contribution in [0.4, 0.5) is 0 Å². The molecule has 2 bridgehead atoms. The first-order valence-corrected chi connectivity index (χ1v) is 15.3. The average Bonchev–Trinajstić information content (AvgIpc) is 3.17. The van der Waals surface area contributed by atoms with Crippen LogP contribution < -0.4 is 0 Å². The summed E-state index contributed by atoms with van der Waals surface area (Å²) in [4.78, 5) is 65.5. The van der Waals surface area contributed by atoms with E-state index in [9.17, 15) is 29.1 Å². The molecule has 45 heavy (non-hydrogen) atoms. The zero-order valence-corrected chi connectivity index (χ0v) is 26.9. The average molecular weight is 623 g/mol. The third kappa shape index (κ3) is 4.06.